The van der Waals surface area contributed by atoms with Gasteiger partial charge in [-0.1, -0.05) is 27.2 Å². The fourth-order valence-corrected chi connectivity index (χ4v) is 4.92. The molecule has 1 aromatic heterocycles. The average molecular weight is 277 g/mol. The van der Waals surface area contributed by atoms with E-state index in [-0.39, 0.29) is 0 Å². The zero-order valence-electron chi connectivity index (χ0n) is 12.5. The number of hydrogen-bond donors (Lipinski definition) is 1. The number of hydrogen-bond acceptors (Lipinski definition) is 2. The molecule has 3 atom stereocenters. The van der Waals surface area contributed by atoms with Gasteiger partial charge in [-0.25, -0.2) is 0 Å². The van der Waals surface area contributed by atoms with Gasteiger partial charge in [0, 0.05) is 16.3 Å². The highest BCUT2D eigenvalue weighted by Gasteiger charge is 2.38. The normalized spacial score (nSPS) is 30.2. The van der Waals surface area contributed by atoms with Crippen molar-refractivity contribution in [2.75, 3.05) is 6.54 Å². The van der Waals surface area contributed by atoms with Gasteiger partial charge in [-0.2, -0.15) is 0 Å². The standard InChI is InChI=1S/C17H27NS/c1-17(2,3)16-7-6-15(19-16)11-18-10-14-9-12-4-5-13(14)8-12/h6-7,12-14,18H,4-5,8-11H2,1-3H3. The van der Waals surface area contributed by atoms with Crippen molar-refractivity contribution in [1.82, 2.24) is 5.32 Å². The van der Waals surface area contributed by atoms with Gasteiger partial charge < -0.3 is 5.32 Å². The van der Waals surface area contributed by atoms with Crippen LogP contribution in [0.5, 0.6) is 0 Å². The van der Waals surface area contributed by atoms with Gasteiger partial charge in [0.05, 0.1) is 0 Å². The quantitative estimate of drug-likeness (QED) is 0.850. The molecule has 0 saturated heterocycles. The second-order valence-electron chi connectivity index (χ2n) is 7.58. The molecule has 0 aliphatic heterocycles. The fourth-order valence-electron chi connectivity index (χ4n) is 3.88. The summed E-state index contributed by atoms with van der Waals surface area (Å²) in [6.07, 6.45) is 6.04. The molecule has 1 N–H and O–H groups in total. The molecule has 1 heterocycles. The zero-order chi connectivity index (χ0) is 13.5. The van der Waals surface area contributed by atoms with E-state index in [2.05, 4.69) is 38.2 Å². The van der Waals surface area contributed by atoms with Crippen molar-refractivity contribution >= 4 is 11.3 Å². The van der Waals surface area contributed by atoms with Gasteiger partial charge in [-0.05, 0) is 61.1 Å². The van der Waals surface area contributed by atoms with E-state index in [4.69, 9.17) is 0 Å². The molecule has 1 aromatic rings. The molecule has 1 nitrogen and oxygen atoms in total. The van der Waals surface area contributed by atoms with E-state index < -0.39 is 0 Å². The maximum atomic E-state index is 3.70. The Bertz CT molecular complexity index is 429. The summed E-state index contributed by atoms with van der Waals surface area (Å²) in [4.78, 5) is 3.00. The van der Waals surface area contributed by atoms with Crippen LogP contribution in [0, 0.1) is 17.8 Å². The summed E-state index contributed by atoms with van der Waals surface area (Å²) in [7, 11) is 0. The average Bonchev–Trinajstić information content (AvgIpc) is 3.02. The highest BCUT2D eigenvalue weighted by Crippen LogP contribution is 2.47. The van der Waals surface area contributed by atoms with Gasteiger partial charge in [0.25, 0.3) is 0 Å². The lowest BCUT2D eigenvalue weighted by Crippen LogP contribution is -2.25. The predicted molar refractivity (Wildman–Crippen MR) is 83.7 cm³/mol. The lowest BCUT2D eigenvalue weighted by molar-refractivity contribution is 0.319. The lowest BCUT2D eigenvalue weighted by Gasteiger charge is -2.21. The van der Waals surface area contributed by atoms with E-state index in [1.165, 1.54) is 42.0 Å². The molecule has 0 radical (unpaired) electrons. The van der Waals surface area contributed by atoms with Crippen LogP contribution in [0.4, 0.5) is 0 Å². The summed E-state index contributed by atoms with van der Waals surface area (Å²) >= 11 is 1.98. The Hall–Kier alpha value is -0.340. The van der Waals surface area contributed by atoms with Gasteiger partial charge in [-0.3, -0.25) is 0 Å². The highest BCUT2D eigenvalue weighted by atomic mass is 32.1. The Labute approximate surface area is 121 Å². The molecule has 0 spiro atoms. The summed E-state index contributed by atoms with van der Waals surface area (Å²) in [6.45, 7) is 9.19. The molecule has 2 aliphatic carbocycles. The van der Waals surface area contributed by atoms with Crippen molar-refractivity contribution in [3.8, 4) is 0 Å². The number of rotatable bonds is 4. The molecule has 2 fully saturated rings. The SMILES string of the molecule is CC(C)(C)c1ccc(CNCC2CC3CCC2C3)s1. The third kappa shape index (κ3) is 3.05. The Morgan fingerprint density at radius 3 is 2.63 bits per heavy atom. The molecule has 2 heteroatoms. The van der Waals surface area contributed by atoms with Crippen LogP contribution >= 0.6 is 11.3 Å². The van der Waals surface area contributed by atoms with Crippen LogP contribution in [0.25, 0.3) is 0 Å². The van der Waals surface area contributed by atoms with E-state index in [9.17, 15) is 0 Å². The monoisotopic (exact) mass is 277 g/mol. The molecule has 106 valence electrons. The molecule has 2 aliphatic rings. The first-order chi connectivity index (χ1) is 9.02. The highest BCUT2D eigenvalue weighted by molar-refractivity contribution is 7.12. The van der Waals surface area contributed by atoms with Crippen LogP contribution in [0.2, 0.25) is 0 Å². The summed E-state index contributed by atoms with van der Waals surface area (Å²) in [5.74, 6) is 3.10. The molecular weight excluding hydrogens is 250 g/mol. The van der Waals surface area contributed by atoms with Crippen molar-refractivity contribution < 1.29 is 0 Å². The van der Waals surface area contributed by atoms with Crippen LogP contribution in [0.3, 0.4) is 0 Å². The summed E-state index contributed by atoms with van der Waals surface area (Å²) < 4.78 is 0. The Morgan fingerprint density at radius 2 is 2.05 bits per heavy atom. The molecule has 0 aromatic carbocycles. The fraction of sp³-hybridized carbons (Fsp3) is 0.765. The zero-order valence-corrected chi connectivity index (χ0v) is 13.4. The minimum Gasteiger partial charge on any atom is -0.312 e. The Kier molecular flexibility index (Phi) is 3.74. The second-order valence-corrected chi connectivity index (χ2v) is 8.75. The second kappa shape index (κ2) is 5.21. The molecule has 0 amide bonds. The van der Waals surface area contributed by atoms with E-state index in [0.717, 1.165) is 24.3 Å². The van der Waals surface area contributed by atoms with E-state index in [1.54, 1.807) is 0 Å². The van der Waals surface area contributed by atoms with Crippen LogP contribution in [0.15, 0.2) is 12.1 Å². The summed E-state index contributed by atoms with van der Waals surface area (Å²) in [6, 6.07) is 4.61. The maximum Gasteiger partial charge on any atom is 0.0299 e. The van der Waals surface area contributed by atoms with Gasteiger partial charge in [-0.15, -0.1) is 11.3 Å². The van der Waals surface area contributed by atoms with Gasteiger partial charge >= 0.3 is 0 Å². The van der Waals surface area contributed by atoms with Crippen LogP contribution in [0.1, 0.15) is 56.2 Å². The molecule has 3 rings (SSSR count). The van der Waals surface area contributed by atoms with Gasteiger partial charge in [0.1, 0.15) is 0 Å². The molecule has 19 heavy (non-hydrogen) atoms. The molecular formula is C17H27NS. The van der Waals surface area contributed by atoms with Gasteiger partial charge in [0.2, 0.25) is 0 Å². The third-order valence-corrected chi connectivity index (χ3v) is 6.50. The topological polar surface area (TPSA) is 12.0 Å². The van der Waals surface area contributed by atoms with Crippen molar-refractivity contribution in [3.05, 3.63) is 21.9 Å². The van der Waals surface area contributed by atoms with Crippen molar-refractivity contribution in [2.45, 2.75) is 58.4 Å². The van der Waals surface area contributed by atoms with Crippen molar-refractivity contribution in [1.29, 1.82) is 0 Å². The van der Waals surface area contributed by atoms with E-state index in [0.29, 0.717) is 5.41 Å². The van der Waals surface area contributed by atoms with E-state index >= 15 is 0 Å². The summed E-state index contributed by atoms with van der Waals surface area (Å²) in [5.41, 5.74) is 0.299. The first-order valence-electron chi connectivity index (χ1n) is 7.82. The summed E-state index contributed by atoms with van der Waals surface area (Å²) in [5, 5.41) is 3.70. The number of nitrogens with one attached hydrogen (secondary N) is 1. The number of fused-ring (bicyclic) bond motifs is 2. The Morgan fingerprint density at radius 1 is 1.21 bits per heavy atom. The lowest BCUT2D eigenvalue weighted by atomic mass is 9.89. The predicted octanol–water partition coefficient (Wildman–Crippen LogP) is 4.57. The molecule has 2 saturated carbocycles. The maximum absolute atomic E-state index is 3.70. The third-order valence-electron chi connectivity index (χ3n) is 4.99. The minimum atomic E-state index is 0.299. The van der Waals surface area contributed by atoms with Crippen LogP contribution < -0.4 is 5.32 Å². The first kappa shape index (κ1) is 13.6. The van der Waals surface area contributed by atoms with Crippen LogP contribution in [-0.2, 0) is 12.0 Å². The Balaban J connectivity index is 1.46. The van der Waals surface area contributed by atoms with E-state index in [1.807, 2.05) is 11.3 Å². The molecule has 2 bridgehead atoms. The van der Waals surface area contributed by atoms with Crippen LogP contribution in [-0.4, -0.2) is 6.54 Å². The first-order valence-corrected chi connectivity index (χ1v) is 8.64. The smallest absolute Gasteiger partial charge is 0.0299 e. The van der Waals surface area contributed by atoms with Gasteiger partial charge in [0.15, 0.2) is 0 Å². The van der Waals surface area contributed by atoms with Crippen molar-refractivity contribution in [3.63, 3.8) is 0 Å². The molecule has 3 unspecified atom stereocenters. The largest absolute Gasteiger partial charge is 0.312 e. The minimum absolute atomic E-state index is 0.299. The van der Waals surface area contributed by atoms with Crippen molar-refractivity contribution in [2.24, 2.45) is 17.8 Å². The number of thiophene rings is 1.